The monoisotopic (exact) mass is 301 g/mol. The molecule has 1 aromatic carbocycles. The number of benzene rings is 1. The van der Waals surface area contributed by atoms with Gasteiger partial charge >= 0.3 is 0 Å². The molecule has 0 radical (unpaired) electrons. The number of rotatable bonds is 3. The maximum Gasteiger partial charge on any atom is 0.122 e. The lowest BCUT2D eigenvalue weighted by Gasteiger charge is -2.24. The van der Waals surface area contributed by atoms with Gasteiger partial charge in [0.05, 0.1) is 6.61 Å². The topological polar surface area (TPSA) is 21.7 Å². The lowest BCUT2D eigenvalue weighted by atomic mass is 9.87. The SMILES string of the molecule is CN1CCC[C@@H]1CC1COc2ccc(C3CCOCC3)cc21. The summed E-state index contributed by atoms with van der Waals surface area (Å²) in [6.45, 7) is 3.95. The Morgan fingerprint density at radius 3 is 2.82 bits per heavy atom. The summed E-state index contributed by atoms with van der Waals surface area (Å²) in [7, 11) is 2.27. The Labute approximate surface area is 133 Å². The van der Waals surface area contributed by atoms with Gasteiger partial charge in [0.2, 0.25) is 0 Å². The third kappa shape index (κ3) is 2.77. The highest BCUT2D eigenvalue weighted by molar-refractivity contribution is 5.44. The van der Waals surface area contributed by atoms with Crippen LogP contribution in [0.15, 0.2) is 18.2 Å². The number of hydrogen-bond acceptors (Lipinski definition) is 3. The van der Waals surface area contributed by atoms with E-state index in [2.05, 4.69) is 30.1 Å². The van der Waals surface area contributed by atoms with E-state index in [-0.39, 0.29) is 0 Å². The summed E-state index contributed by atoms with van der Waals surface area (Å²) in [5, 5.41) is 0. The van der Waals surface area contributed by atoms with Gasteiger partial charge in [0.15, 0.2) is 0 Å². The predicted molar refractivity (Wildman–Crippen MR) is 87.7 cm³/mol. The van der Waals surface area contributed by atoms with Crippen molar-refractivity contribution < 1.29 is 9.47 Å². The summed E-state index contributed by atoms with van der Waals surface area (Å²) in [5.41, 5.74) is 2.96. The lowest BCUT2D eigenvalue weighted by Crippen LogP contribution is -2.27. The molecule has 1 aromatic rings. The highest BCUT2D eigenvalue weighted by Crippen LogP contribution is 2.41. The van der Waals surface area contributed by atoms with Crippen LogP contribution in [0.3, 0.4) is 0 Å². The van der Waals surface area contributed by atoms with Crippen LogP contribution in [-0.4, -0.2) is 44.4 Å². The van der Waals surface area contributed by atoms with E-state index in [9.17, 15) is 0 Å². The molecule has 3 heterocycles. The molecule has 2 saturated heterocycles. The molecule has 0 aromatic heterocycles. The van der Waals surface area contributed by atoms with Crippen molar-refractivity contribution in [3.63, 3.8) is 0 Å². The minimum absolute atomic E-state index is 0.584. The first-order valence-electron chi connectivity index (χ1n) is 8.86. The summed E-state index contributed by atoms with van der Waals surface area (Å²) in [4.78, 5) is 2.53. The van der Waals surface area contributed by atoms with Gasteiger partial charge in [-0.3, -0.25) is 0 Å². The average molecular weight is 301 g/mol. The first-order valence-corrected chi connectivity index (χ1v) is 8.86. The summed E-state index contributed by atoms with van der Waals surface area (Å²) in [6, 6.07) is 7.67. The third-order valence-electron chi connectivity index (χ3n) is 5.83. The number of fused-ring (bicyclic) bond motifs is 1. The Morgan fingerprint density at radius 2 is 2.05 bits per heavy atom. The van der Waals surface area contributed by atoms with Crippen LogP contribution < -0.4 is 4.74 Å². The maximum absolute atomic E-state index is 5.96. The van der Waals surface area contributed by atoms with Gasteiger partial charge in [0, 0.05) is 30.7 Å². The van der Waals surface area contributed by atoms with E-state index in [1.54, 1.807) is 0 Å². The summed E-state index contributed by atoms with van der Waals surface area (Å²) >= 11 is 0. The van der Waals surface area contributed by atoms with Gasteiger partial charge in [-0.1, -0.05) is 12.1 Å². The van der Waals surface area contributed by atoms with Crippen molar-refractivity contribution in [2.45, 2.75) is 50.0 Å². The smallest absolute Gasteiger partial charge is 0.122 e. The normalized spacial score (nSPS) is 29.5. The van der Waals surface area contributed by atoms with E-state index in [1.165, 1.54) is 36.9 Å². The highest BCUT2D eigenvalue weighted by atomic mass is 16.5. The van der Waals surface area contributed by atoms with E-state index in [4.69, 9.17) is 9.47 Å². The second-order valence-electron chi connectivity index (χ2n) is 7.20. The molecule has 120 valence electrons. The Balaban J connectivity index is 1.52. The van der Waals surface area contributed by atoms with E-state index >= 15 is 0 Å². The molecule has 3 heteroatoms. The fourth-order valence-electron chi connectivity index (χ4n) is 4.38. The van der Waals surface area contributed by atoms with Crippen LogP contribution in [-0.2, 0) is 4.74 Å². The Hall–Kier alpha value is -1.06. The lowest BCUT2D eigenvalue weighted by molar-refractivity contribution is 0.0853. The molecule has 0 amide bonds. The van der Waals surface area contributed by atoms with Crippen molar-refractivity contribution in [1.29, 1.82) is 0 Å². The zero-order valence-corrected chi connectivity index (χ0v) is 13.6. The van der Waals surface area contributed by atoms with Gasteiger partial charge in [-0.25, -0.2) is 0 Å². The van der Waals surface area contributed by atoms with Gasteiger partial charge in [0.1, 0.15) is 5.75 Å². The molecule has 22 heavy (non-hydrogen) atoms. The standard InChI is InChI=1S/C19H27NO2/c1-20-8-2-3-17(20)11-16-13-22-19-5-4-15(12-18(16)19)14-6-9-21-10-7-14/h4-5,12,14,16-17H,2-3,6-11,13H2,1H3/t16?,17-/m1/s1. The van der Waals surface area contributed by atoms with Crippen LogP contribution in [0.5, 0.6) is 5.75 Å². The number of ether oxygens (including phenoxy) is 2. The van der Waals surface area contributed by atoms with E-state index in [0.29, 0.717) is 11.8 Å². The summed E-state index contributed by atoms with van der Waals surface area (Å²) < 4.78 is 11.5. The van der Waals surface area contributed by atoms with Gasteiger partial charge in [0.25, 0.3) is 0 Å². The molecule has 1 unspecified atom stereocenters. The Bertz CT molecular complexity index is 524. The Morgan fingerprint density at radius 1 is 1.18 bits per heavy atom. The minimum atomic E-state index is 0.584. The van der Waals surface area contributed by atoms with Crippen LogP contribution in [0.1, 0.15) is 55.1 Å². The fraction of sp³-hybridized carbons (Fsp3) is 0.684. The maximum atomic E-state index is 5.96. The molecule has 3 aliphatic heterocycles. The molecule has 0 bridgehead atoms. The predicted octanol–water partition coefficient (Wildman–Crippen LogP) is 3.54. The second-order valence-corrected chi connectivity index (χ2v) is 7.20. The second kappa shape index (κ2) is 6.21. The molecule has 2 atom stereocenters. The highest BCUT2D eigenvalue weighted by Gasteiger charge is 2.31. The quantitative estimate of drug-likeness (QED) is 0.852. The van der Waals surface area contributed by atoms with E-state index < -0.39 is 0 Å². The van der Waals surface area contributed by atoms with Crippen LogP contribution >= 0.6 is 0 Å². The Kier molecular flexibility index (Phi) is 4.10. The molecular formula is C19H27NO2. The number of hydrogen-bond donors (Lipinski definition) is 0. The molecule has 4 rings (SSSR count). The molecule has 3 nitrogen and oxygen atoms in total. The zero-order valence-electron chi connectivity index (χ0n) is 13.6. The van der Waals surface area contributed by atoms with Gasteiger partial charge < -0.3 is 14.4 Å². The summed E-state index contributed by atoms with van der Waals surface area (Å²) in [6.07, 6.45) is 6.28. The molecular weight excluding hydrogens is 274 g/mol. The van der Waals surface area contributed by atoms with Crippen molar-refractivity contribution in [2.24, 2.45) is 0 Å². The van der Waals surface area contributed by atoms with Gasteiger partial charge in [-0.2, -0.15) is 0 Å². The largest absolute Gasteiger partial charge is 0.493 e. The first-order chi connectivity index (χ1) is 10.8. The van der Waals surface area contributed by atoms with E-state index in [1.807, 2.05) is 0 Å². The van der Waals surface area contributed by atoms with Crippen LogP contribution in [0.25, 0.3) is 0 Å². The van der Waals surface area contributed by atoms with Crippen LogP contribution in [0, 0.1) is 0 Å². The van der Waals surface area contributed by atoms with Gasteiger partial charge in [-0.15, -0.1) is 0 Å². The third-order valence-corrected chi connectivity index (χ3v) is 5.83. The molecule has 0 N–H and O–H groups in total. The number of likely N-dealkylation sites (tertiary alicyclic amines) is 1. The first kappa shape index (κ1) is 14.5. The number of nitrogens with zero attached hydrogens (tertiary/aromatic N) is 1. The molecule has 0 saturated carbocycles. The van der Waals surface area contributed by atoms with Crippen molar-refractivity contribution in [2.75, 3.05) is 33.4 Å². The zero-order chi connectivity index (χ0) is 14.9. The van der Waals surface area contributed by atoms with Crippen LogP contribution in [0.4, 0.5) is 0 Å². The minimum Gasteiger partial charge on any atom is -0.493 e. The molecule has 3 aliphatic rings. The fourth-order valence-corrected chi connectivity index (χ4v) is 4.38. The molecule has 0 spiro atoms. The summed E-state index contributed by atoms with van der Waals surface area (Å²) in [5.74, 6) is 2.39. The van der Waals surface area contributed by atoms with Crippen LogP contribution in [0.2, 0.25) is 0 Å². The van der Waals surface area contributed by atoms with Crippen molar-refractivity contribution in [1.82, 2.24) is 4.90 Å². The van der Waals surface area contributed by atoms with E-state index in [0.717, 1.165) is 44.5 Å². The van der Waals surface area contributed by atoms with Gasteiger partial charge in [-0.05, 0) is 63.2 Å². The van der Waals surface area contributed by atoms with Crippen molar-refractivity contribution in [3.8, 4) is 5.75 Å². The molecule has 2 fully saturated rings. The average Bonchev–Trinajstić information content (AvgIpc) is 3.15. The molecule has 0 aliphatic carbocycles. The van der Waals surface area contributed by atoms with Crippen molar-refractivity contribution >= 4 is 0 Å². The van der Waals surface area contributed by atoms with Crippen molar-refractivity contribution in [3.05, 3.63) is 29.3 Å².